The van der Waals surface area contributed by atoms with Gasteiger partial charge in [0, 0.05) is 19.4 Å². The second-order valence-electron chi connectivity index (χ2n) is 10.5. The van der Waals surface area contributed by atoms with Gasteiger partial charge < -0.3 is 20.7 Å². The highest BCUT2D eigenvalue weighted by Crippen LogP contribution is 2.16. The van der Waals surface area contributed by atoms with Gasteiger partial charge in [-0.25, -0.2) is 4.79 Å². The number of carbonyl (C=O) groups is 3. The molecule has 0 saturated heterocycles. The molecule has 0 radical (unpaired) electrons. The zero-order valence-electron chi connectivity index (χ0n) is 22.5. The number of hydrogen-bond donors (Lipinski definition) is 3. The topological polar surface area (TPSA) is 96.5 Å². The second-order valence-corrected chi connectivity index (χ2v) is 10.5. The molecule has 3 amide bonds. The summed E-state index contributed by atoms with van der Waals surface area (Å²) >= 11 is 0. The molecule has 0 aliphatic rings. The zero-order chi connectivity index (χ0) is 27.6. The van der Waals surface area contributed by atoms with Crippen molar-refractivity contribution in [2.24, 2.45) is 0 Å². The summed E-state index contributed by atoms with van der Waals surface area (Å²) in [6, 6.07) is 27.5. The molecule has 7 nitrogen and oxygen atoms in total. The number of carbonyl (C=O) groups excluding carboxylic acids is 3. The first-order valence-electron chi connectivity index (χ1n) is 12.8. The Morgan fingerprint density at radius 2 is 1.24 bits per heavy atom. The predicted octanol–water partition coefficient (Wildman–Crippen LogP) is 4.56. The molecule has 0 bridgehead atoms. The van der Waals surface area contributed by atoms with Crippen LogP contribution in [0.5, 0.6) is 0 Å². The third kappa shape index (κ3) is 9.07. The zero-order valence-corrected chi connectivity index (χ0v) is 22.5. The van der Waals surface area contributed by atoms with Gasteiger partial charge in [0.25, 0.3) is 0 Å². The number of ether oxygens (including phenoxy) is 1. The number of benzene rings is 3. The lowest BCUT2D eigenvalue weighted by atomic mass is 9.90. The molecule has 0 heterocycles. The van der Waals surface area contributed by atoms with E-state index in [2.05, 4.69) is 16.0 Å². The smallest absolute Gasteiger partial charge is 0.408 e. The van der Waals surface area contributed by atoms with Gasteiger partial charge in [-0.1, -0.05) is 91.0 Å². The van der Waals surface area contributed by atoms with Crippen LogP contribution < -0.4 is 16.0 Å². The number of nitrogens with one attached hydrogen (secondary N) is 3. The van der Waals surface area contributed by atoms with E-state index >= 15 is 0 Å². The normalized spacial score (nSPS) is 13.5. The third-order valence-electron chi connectivity index (χ3n) is 5.89. The van der Waals surface area contributed by atoms with Crippen molar-refractivity contribution in [3.8, 4) is 0 Å². The fourth-order valence-electron chi connectivity index (χ4n) is 4.03. The summed E-state index contributed by atoms with van der Waals surface area (Å²) in [5.74, 6) is -0.803. The second kappa shape index (κ2) is 12.9. The molecule has 0 aromatic heterocycles. The Hall–Kier alpha value is -4.13. The maximum absolute atomic E-state index is 13.7. The number of hydrogen-bond acceptors (Lipinski definition) is 4. The Bertz CT molecular complexity index is 1190. The highest BCUT2D eigenvalue weighted by Gasteiger charge is 2.37. The first-order valence-corrected chi connectivity index (χ1v) is 12.8. The van der Waals surface area contributed by atoms with E-state index in [0.29, 0.717) is 6.54 Å². The first kappa shape index (κ1) is 28.4. The standard InChI is InChI=1S/C31H37N3O4/c1-30(2,3)38-29(37)33-26(20-23-14-8-5-9-15-23)27(35)34-31(4,21-24-16-10-6-11-17-24)28(36)32-22-25-18-12-7-13-19-25/h5-19,26H,20-22H2,1-4H3,(H,32,36)(H,33,37)(H,34,35)/t26-,31?/m0/s1. The molecule has 0 aliphatic carbocycles. The van der Waals surface area contributed by atoms with E-state index in [1.807, 2.05) is 91.0 Å². The lowest BCUT2D eigenvalue weighted by Gasteiger charge is -2.32. The molecular weight excluding hydrogens is 478 g/mol. The van der Waals surface area contributed by atoms with E-state index in [4.69, 9.17) is 4.74 Å². The van der Waals surface area contributed by atoms with Crippen LogP contribution in [0.15, 0.2) is 91.0 Å². The summed E-state index contributed by atoms with van der Waals surface area (Å²) in [6.07, 6.45) is -0.198. The van der Waals surface area contributed by atoms with E-state index in [-0.39, 0.29) is 18.7 Å². The third-order valence-corrected chi connectivity index (χ3v) is 5.89. The fourth-order valence-corrected chi connectivity index (χ4v) is 4.03. The Morgan fingerprint density at radius 1 is 0.737 bits per heavy atom. The van der Waals surface area contributed by atoms with Crippen molar-refractivity contribution in [1.29, 1.82) is 0 Å². The van der Waals surface area contributed by atoms with Gasteiger partial charge in [-0.2, -0.15) is 0 Å². The van der Waals surface area contributed by atoms with Crippen molar-refractivity contribution in [3.63, 3.8) is 0 Å². The van der Waals surface area contributed by atoms with Gasteiger partial charge in [-0.15, -0.1) is 0 Å². The summed E-state index contributed by atoms with van der Waals surface area (Å²) in [5.41, 5.74) is 0.698. The molecule has 1 unspecified atom stereocenters. The average Bonchev–Trinajstić information content (AvgIpc) is 2.87. The van der Waals surface area contributed by atoms with Crippen LogP contribution in [0.3, 0.4) is 0 Å². The SMILES string of the molecule is CC(C)(C)OC(=O)N[C@@H](Cc1ccccc1)C(=O)NC(C)(Cc1ccccc1)C(=O)NCc1ccccc1. The van der Waals surface area contributed by atoms with Crippen LogP contribution in [0.1, 0.15) is 44.4 Å². The molecule has 38 heavy (non-hydrogen) atoms. The Kier molecular flexibility index (Phi) is 9.66. The van der Waals surface area contributed by atoms with Crippen molar-refractivity contribution in [3.05, 3.63) is 108 Å². The van der Waals surface area contributed by atoms with E-state index in [1.54, 1.807) is 27.7 Å². The molecule has 7 heteroatoms. The molecule has 3 rings (SSSR count). The molecule has 0 aliphatic heterocycles. The van der Waals surface area contributed by atoms with Gasteiger partial charge in [0.15, 0.2) is 0 Å². The Morgan fingerprint density at radius 3 is 1.76 bits per heavy atom. The molecule has 3 aromatic rings. The minimum Gasteiger partial charge on any atom is -0.444 e. The molecule has 0 spiro atoms. The molecule has 2 atom stereocenters. The number of alkyl carbamates (subject to hydrolysis) is 1. The predicted molar refractivity (Wildman–Crippen MR) is 148 cm³/mol. The fraction of sp³-hybridized carbons (Fsp3) is 0.323. The quantitative estimate of drug-likeness (QED) is 0.369. The molecule has 0 saturated carbocycles. The maximum atomic E-state index is 13.7. The van der Waals surface area contributed by atoms with Gasteiger partial charge in [0.05, 0.1) is 0 Å². The largest absolute Gasteiger partial charge is 0.444 e. The summed E-state index contributed by atoms with van der Waals surface area (Å²) in [6.45, 7) is 7.29. The summed E-state index contributed by atoms with van der Waals surface area (Å²) in [7, 11) is 0. The highest BCUT2D eigenvalue weighted by atomic mass is 16.6. The molecule has 3 aromatic carbocycles. The summed E-state index contributed by atoms with van der Waals surface area (Å²) in [4.78, 5) is 39.8. The van der Waals surface area contributed by atoms with Crippen molar-refractivity contribution in [2.75, 3.05) is 0 Å². The average molecular weight is 516 g/mol. The molecule has 0 fully saturated rings. The van der Waals surface area contributed by atoms with Crippen molar-refractivity contribution in [1.82, 2.24) is 16.0 Å². The van der Waals surface area contributed by atoms with Gasteiger partial charge >= 0.3 is 6.09 Å². The minimum atomic E-state index is -1.28. The van der Waals surface area contributed by atoms with Crippen molar-refractivity contribution in [2.45, 2.75) is 64.3 Å². The molecule has 3 N–H and O–H groups in total. The van der Waals surface area contributed by atoms with Crippen LogP contribution >= 0.6 is 0 Å². The van der Waals surface area contributed by atoms with Crippen molar-refractivity contribution >= 4 is 17.9 Å². The van der Waals surface area contributed by atoms with Crippen molar-refractivity contribution < 1.29 is 19.1 Å². The van der Waals surface area contributed by atoms with Crippen LogP contribution in [0, 0.1) is 0 Å². The van der Waals surface area contributed by atoms with Crippen LogP contribution in [0.4, 0.5) is 4.79 Å². The molecular formula is C31H37N3O4. The highest BCUT2D eigenvalue weighted by molar-refractivity contribution is 5.94. The monoisotopic (exact) mass is 515 g/mol. The van der Waals surface area contributed by atoms with Gasteiger partial charge in [-0.3, -0.25) is 9.59 Å². The lowest BCUT2D eigenvalue weighted by molar-refractivity contribution is -0.134. The van der Waals surface area contributed by atoms with Crippen LogP contribution in [-0.4, -0.2) is 35.1 Å². The van der Waals surface area contributed by atoms with Crippen LogP contribution in [0.25, 0.3) is 0 Å². The van der Waals surface area contributed by atoms with Crippen LogP contribution in [-0.2, 0) is 33.7 Å². The van der Waals surface area contributed by atoms with E-state index in [1.165, 1.54) is 0 Å². The molecule has 200 valence electrons. The van der Waals surface area contributed by atoms with Gasteiger partial charge in [-0.05, 0) is 44.4 Å². The Labute approximate surface area is 225 Å². The Balaban J connectivity index is 1.83. The summed E-state index contributed by atoms with van der Waals surface area (Å²) < 4.78 is 5.41. The van der Waals surface area contributed by atoms with E-state index in [9.17, 15) is 14.4 Å². The van der Waals surface area contributed by atoms with Gasteiger partial charge in [0.2, 0.25) is 11.8 Å². The minimum absolute atomic E-state index is 0.235. The number of rotatable bonds is 10. The first-order chi connectivity index (χ1) is 18.0. The van der Waals surface area contributed by atoms with Crippen LogP contribution in [0.2, 0.25) is 0 Å². The number of amides is 3. The summed E-state index contributed by atoms with van der Waals surface area (Å²) in [5, 5.41) is 8.61. The maximum Gasteiger partial charge on any atom is 0.408 e. The van der Waals surface area contributed by atoms with Gasteiger partial charge in [0.1, 0.15) is 17.2 Å². The van der Waals surface area contributed by atoms with E-state index < -0.39 is 29.2 Å². The lowest BCUT2D eigenvalue weighted by Crippen LogP contribution is -2.62. The van der Waals surface area contributed by atoms with E-state index in [0.717, 1.165) is 16.7 Å².